The molecule has 0 bridgehead atoms. The lowest BCUT2D eigenvalue weighted by atomic mass is 9.95. The number of nitrogens with two attached hydrogens (primary N) is 1. The van der Waals surface area contributed by atoms with Crippen molar-refractivity contribution in [1.82, 2.24) is 9.97 Å². The number of hydrogen-bond acceptors (Lipinski definition) is 3. The molecule has 1 heterocycles. The first-order valence-electron chi connectivity index (χ1n) is 4.32. The van der Waals surface area contributed by atoms with E-state index < -0.39 is 23.0 Å². The van der Waals surface area contributed by atoms with Crippen LogP contribution in [0.4, 0.5) is 19.0 Å². The zero-order chi connectivity index (χ0) is 11.9. The molecule has 1 aromatic rings. The Morgan fingerprint density at radius 1 is 1.20 bits per heavy atom. The van der Waals surface area contributed by atoms with Gasteiger partial charge in [0.25, 0.3) is 0 Å². The Morgan fingerprint density at radius 2 is 1.73 bits per heavy atom. The summed E-state index contributed by atoms with van der Waals surface area (Å²) in [6, 6.07) is 0. The highest BCUT2D eigenvalue weighted by Crippen LogP contribution is 2.32. The second kappa shape index (κ2) is 3.36. The Hall–Kier alpha value is -1.33. The van der Waals surface area contributed by atoms with Gasteiger partial charge in [-0.1, -0.05) is 20.8 Å². The topological polar surface area (TPSA) is 51.8 Å². The Bertz CT molecular complexity index is 366. The molecule has 0 radical (unpaired) electrons. The van der Waals surface area contributed by atoms with Crippen molar-refractivity contribution in [3.05, 3.63) is 17.6 Å². The summed E-state index contributed by atoms with van der Waals surface area (Å²) in [6.07, 6.45) is -3.77. The third-order valence-electron chi connectivity index (χ3n) is 1.79. The lowest BCUT2D eigenvalue weighted by Crippen LogP contribution is -2.19. The Labute approximate surface area is 85.5 Å². The van der Waals surface area contributed by atoms with Crippen LogP contribution in [0.1, 0.15) is 32.2 Å². The van der Waals surface area contributed by atoms with Gasteiger partial charge in [0.05, 0.1) is 0 Å². The van der Waals surface area contributed by atoms with Crippen molar-refractivity contribution in [2.45, 2.75) is 32.4 Å². The Morgan fingerprint density at radius 3 is 2.07 bits per heavy atom. The van der Waals surface area contributed by atoms with Gasteiger partial charge in [-0.3, -0.25) is 0 Å². The van der Waals surface area contributed by atoms with Gasteiger partial charge in [0, 0.05) is 11.6 Å². The highest BCUT2D eigenvalue weighted by Gasteiger charge is 2.35. The maximum absolute atomic E-state index is 12.3. The zero-order valence-corrected chi connectivity index (χ0v) is 8.68. The summed E-state index contributed by atoms with van der Waals surface area (Å²) in [7, 11) is 0. The van der Waals surface area contributed by atoms with Gasteiger partial charge in [0.2, 0.25) is 0 Å². The minimum Gasteiger partial charge on any atom is -0.383 e. The highest BCUT2D eigenvalue weighted by molar-refractivity contribution is 5.40. The average molecular weight is 219 g/mol. The third kappa shape index (κ3) is 2.57. The van der Waals surface area contributed by atoms with Gasteiger partial charge >= 0.3 is 6.18 Å². The number of aromatic nitrogens is 2. The molecule has 6 heteroatoms. The van der Waals surface area contributed by atoms with E-state index in [2.05, 4.69) is 9.97 Å². The fraction of sp³-hybridized carbons (Fsp3) is 0.556. The standard InChI is InChI=1S/C9H12F3N3/c1-8(2,3)7-14-4-5(6(13)15-7)9(10,11)12/h4H,1-3H3,(H2,13,14,15). The number of halogens is 3. The minimum atomic E-state index is -4.50. The normalized spacial score (nSPS) is 12.9. The van der Waals surface area contributed by atoms with Crippen LogP contribution in [0.5, 0.6) is 0 Å². The van der Waals surface area contributed by atoms with Crippen LogP contribution in [0.3, 0.4) is 0 Å². The van der Waals surface area contributed by atoms with E-state index in [1.807, 2.05) is 0 Å². The average Bonchev–Trinajstić information content (AvgIpc) is 1.99. The Balaban J connectivity index is 3.21. The second-order valence-electron chi connectivity index (χ2n) is 4.24. The Kier molecular flexibility index (Phi) is 2.63. The molecule has 0 spiro atoms. The van der Waals surface area contributed by atoms with Gasteiger partial charge in [-0.2, -0.15) is 13.2 Å². The molecule has 0 saturated heterocycles. The summed E-state index contributed by atoms with van der Waals surface area (Å²) in [5.41, 5.74) is 3.82. The van der Waals surface area contributed by atoms with Crippen LogP contribution in [-0.4, -0.2) is 9.97 Å². The molecule has 0 atom stereocenters. The molecule has 3 nitrogen and oxygen atoms in total. The predicted molar refractivity (Wildman–Crippen MR) is 50.1 cm³/mol. The van der Waals surface area contributed by atoms with Crippen LogP contribution in [0.2, 0.25) is 0 Å². The number of hydrogen-bond donors (Lipinski definition) is 1. The molecule has 0 amide bonds. The van der Waals surface area contributed by atoms with E-state index in [-0.39, 0.29) is 0 Å². The summed E-state index contributed by atoms with van der Waals surface area (Å²) in [6.45, 7) is 5.40. The summed E-state index contributed by atoms with van der Waals surface area (Å²) >= 11 is 0. The summed E-state index contributed by atoms with van der Waals surface area (Å²) in [4.78, 5) is 7.32. The molecule has 2 N–H and O–H groups in total. The van der Waals surface area contributed by atoms with Crippen LogP contribution in [0, 0.1) is 0 Å². The molecule has 0 aromatic carbocycles. The van der Waals surface area contributed by atoms with E-state index in [0.29, 0.717) is 5.82 Å². The molecule has 84 valence electrons. The van der Waals surface area contributed by atoms with Gasteiger partial charge in [0.1, 0.15) is 17.2 Å². The molecule has 0 fully saturated rings. The van der Waals surface area contributed by atoms with Gasteiger partial charge in [-0.25, -0.2) is 9.97 Å². The second-order valence-corrected chi connectivity index (χ2v) is 4.24. The van der Waals surface area contributed by atoms with Crippen LogP contribution in [0.15, 0.2) is 6.20 Å². The van der Waals surface area contributed by atoms with Crippen LogP contribution in [0.25, 0.3) is 0 Å². The van der Waals surface area contributed by atoms with Crippen molar-refractivity contribution in [2.75, 3.05) is 5.73 Å². The van der Waals surface area contributed by atoms with E-state index in [1.165, 1.54) is 0 Å². The molecule has 15 heavy (non-hydrogen) atoms. The van der Waals surface area contributed by atoms with Crippen molar-refractivity contribution >= 4 is 5.82 Å². The van der Waals surface area contributed by atoms with E-state index in [0.717, 1.165) is 6.20 Å². The number of anilines is 1. The van der Waals surface area contributed by atoms with E-state index in [1.54, 1.807) is 20.8 Å². The first-order chi connectivity index (χ1) is 6.62. The van der Waals surface area contributed by atoms with E-state index in [9.17, 15) is 13.2 Å². The largest absolute Gasteiger partial charge is 0.421 e. The molecule has 0 saturated carbocycles. The molecule has 1 rings (SSSR count). The molecular formula is C9H12F3N3. The minimum absolute atomic E-state index is 0.299. The predicted octanol–water partition coefficient (Wildman–Crippen LogP) is 2.38. The summed E-state index contributed by atoms with van der Waals surface area (Å²) in [5, 5.41) is 0. The van der Waals surface area contributed by atoms with Gasteiger partial charge in [-0.15, -0.1) is 0 Å². The maximum atomic E-state index is 12.3. The van der Waals surface area contributed by atoms with E-state index in [4.69, 9.17) is 5.73 Å². The van der Waals surface area contributed by atoms with Crippen molar-refractivity contribution < 1.29 is 13.2 Å². The lowest BCUT2D eigenvalue weighted by molar-refractivity contribution is -0.137. The maximum Gasteiger partial charge on any atom is 0.421 e. The summed E-state index contributed by atoms with van der Waals surface area (Å²) in [5.74, 6) is -0.226. The molecule has 0 aliphatic heterocycles. The van der Waals surface area contributed by atoms with Gasteiger partial charge in [0.15, 0.2) is 0 Å². The lowest BCUT2D eigenvalue weighted by Gasteiger charge is -2.18. The number of rotatable bonds is 0. The van der Waals surface area contributed by atoms with Crippen LogP contribution in [-0.2, 0) is 11.6 Å². The van der Waals surface area contributed by atoms with Gasteiger partial charge < -0.3 is 5.73 Å². The number of alkyl halides is 3. The molecular weight excluding hydrogens is 207 g/mol. The molecule has 0 aliphatic rings. The monoisotopic (exact) mass is 219 g/mol. The smallest absolute Gasteiger partial charge is 0.383 e. The fourth-order valence-electron chi connectivity index (χ4n) is 0.975. The first-order valence-corrected chi connectivity index (χ1v) is 4.32. The molecule has 1 aromatic heterocycles. The summed E-state index contributed by atoms with van der Waals surface area (Å²) < 4.78 is 37.0. The molecule has 0 unspecified atom stereocenters. The highest BCUT2D eigenvalue weighted by atomic mass is 19.4. The van der Waals surface area contributed by atoms with Crippen molar-refractivity contribution in [1.29, 1.82) is 0 Å². The number of nitrogen functional groups attached to an aromatic ring is 1. The molecule has 0 aliphatic carbocycles. The first kappa shape index (κ1) is 11.7. The quantitative estimate of drug-likeness (QED) is 0.728. The van der Waals surface area contributed by atoms with Crippen LogP contribution < -0.4 is 5.73 Å². The SMILES string of the molecule is CC(C)(C)c1ncc(C(F)(F)F)c(N)n1. The third-order valence-corrected chi connectivity index (χ3v) is 1.79. The number of nitrogens with zero attached hydrogens (tertiary/aromatic N) is 2. The van der Waals surface area contributed by atoms with Crippen molar-refractivity contribution in [2.24, 2.45) is 0 Å². The van der Waals surface area contributed by atoms with Crippen molar-refractivity contribution in [3.63, 3.8) is 0 Å². The van der Waals surface area contributed by atoms with E-state index >= 15 is 0 Å². The van der Waals surface area contributed by atoms with Crippen molar-refractivity contribution in [3.8, 4) is 0 Å². The zero-order valence-electron chi connectivity index (χ0n) is 8.68. The van der Waals surface area contributed by atoms with Crippen LogP contribution >= 0.6 is 0 Å². The van der Waals surface area contributed by atoms with Gasteiger partial charge in [-0.05, 0) is 0 Å². The fourth-order valence-corrected chi connectivity index (χ4v) is 0.975.